The van der Waals surface area contributed by atoms with Crippen molar-refractivity contribution in [3.63, 3.8) is 0 Å². The first kappa shape index (κ1) is 14.9. The summed E-state index contributed by atoms with van der Waals surface area (Å²) in [6, 6.07) is 16.8. The Morgan fingerprint density at radius 3 is 2.30 bits per heavy atom. The van der Waals surface area contributed by atoms with Gasteiger partial charge >= 0.3 is 0 Å². The molecule has 0 atom stereocenters. The van der Waals surface area contributed by atoms with E-state index in [1.54, 1.807) is 12.1 Å². The van der Waals surface area contributed by atoms with Crippen LogP contribution in [0.1, 0.15) is 11.1 Å². The van der Waals surface area contributed by atoms with Crippen LogP contribution in [0, 0.1) is 6.92 Å². The van der Waals surface area contributed by atoms with Gasteiger partial charge in [-0.25, -0.2) is 8.42 Å². The van der Waals surface area contributed by atoms with E-state index >= 15 is 0 Å². The maximum Gasteiger partial charge on any atom is 0.230 e. The molecule has 0 aliphatic carbocycles. The molecule has 0 saturated carbocycles. The summed E-state index contributed by atoms with van der Waals surface area (Å²) in [5, 5.41) is 0. The molecule has 4 heteroatoms. The maximum absolute atomic E-state index is 12.1. The van der Waals surface area contributed by atoms with Crippen LogP contribution >= 0.6 is 10.8 Å². The van der Waals surface area contributed by atoms with E-state index in [0.29, 0.717) is 10.6 Å². The first-order valence-corrected chi connectivity index (χ1v) is 9.24. The Morgan fingerprint density at radius 1 is 1.00 bits per heavy atom. The topological polar surface area (TPSA) is 34.1 Å². The third kappa shape index (κ3) is 4.25. The fourth-order valence-corrected chi connectivity index (χ4v) is 4.12. The summed E-state index contributed by atoms with van der Waals surface area (Å²) in [5.74, 6) is 0.436. The molecule has 0 unspecified atom stereocenters. The summed E-state index contributed by atoms with van der Waals surface area (Å²) in [4.78, 5) is 0.362. The lowest BCUT2D eigenvalue weighted by atomic mass is 10.2. The molecule has 2 aromatic carbocycles. The second-order valence-corrected chi connectivity index (χ2v) is 8.34. The van der Waals surface area contributed by atoms with Gasteiger partial charge in [-0.3, -0.25) is 0 Å². The Labute approximate surface area is 123 Å². The Balaban J connectivity index is 1.96. The molecule has 20 heavy (non-hydrogen) atoms. The predicted octanol–water partition coefficient (Wildman–Crippen LogP) is 4.13. The largest absolute Gasteiger partial charge is 0.230 e. The molecule has 0 aromatic heterocycles. The molecule has 0 amide bonds. The number of benzene rings is 2. The van der Waals surface area contributed by atoms with Gasteiger partial charge in [-0.05, 0) is 35.4 Å². The number of rotatable bonds is 5. The van der Waals surface area contributed by atoms with Crippen LogP contribution < -0.4 is 0 Å². The highest BCUT2D eigenvalue weighted by atomic mass is 33.1. The molecule has 0 bridgehead atoms. The van der Waals surface area contributed by atoms with E-state index in [4.69, 9.17) is 0 Å². The van der Waals surface area contributed by atoms with Gasteiger partial charge in [-0.2, -0.15) is 0 Å². The van der Waals surface area contributed by atoms with Crippen LogP contribution in [-0.4, -0.2) is 14.2 Å². The van der Waals surface area contributed by atoms with E-state index in [9.17, 15) is 8.42 Å². The molecule has 104 valence electrons. The van der Waals surface area contributed by atoms with Gasteiger partial charge in [0.15, 0.2) is 0 Å². The van der Waals surface area contributed by atoms with Crippen molar-refractivity contribution in [2.24, 2.45) is 0 Å². The molecule has 2 rings (SSSR count). The first-order chi connectivity index (χ1) is 9.58. The molecular formula is C16H16O2S2. The Morgan fingerprint density at radius 2 is 1.65 bits per heavy atom. The fourth-order valence-electron chi connectivity index (χ4n) is 1.65. The minimum Gasteiger partial charge on any atom is -0.212 e. The van der Waals surface area contributed by atoms with Gasteiger partial charge in [0.05, 0.1) is 4.90 Å². The van der Waals surface area contributed by atoms with Crippen molar-refractivity contribution >= 4 is 25.7 Å². The Kier molecular flexibility index (Phi) is 5.04. The van der Waals surface area contributed by atoms with Crippen LogP contribution in [0.15, 0.2) is 65.6 Å². The molecule has 2 nitrogen and oxygen atoms in total. The van der Waals surface area contributed by atoms with Crippen molar-refractivity contribution in [3.05, 3.63) is 71.8 Å². The van der Waals surface area contributed by atoms with Gasteiger partial charge in [0.25, 0.3) is 0 Å². The average Bonchev–Trinajstić information content (AvgIpc) is 2.45. The van der Waals surface area contributed by atoms with Crippen LogP contribution in [0.4, 0.5) is 0 Å². The van der Waals surface area contributed by atoms with Gasteiger partial charge in [-0.1, -0.05) is 60.2 Å². The van der Waals surface area contributed by atoms with Gasteiger partial charge in [0.2, 0.25) is 8.87 Å². The zero-order chi connectivity index (χ0) is 14.4. The third-order valence-electron chi connectivity index (χ3n) is 2.74. The molecular weight excluding hydrogens is 288 g/mol. The highest BCUT2D eigenvalue weighted by Gasteiger charge is 2.13. The summed E-state index contributed by atoms with van der Waals surface area (Å²) >= 11 is 0. The highest BCUT2D eigenvalue weighted by molar-refractivity contribution is 8.72. The van der Waals surface area contributed by atoms with Crippen molar-refractivity contribution in [2.75, 3.05) is 5.75 Å². The van der Waals surface area contributed by atoms with Crippen LogP contribution in [0.3, 0.4) is 0 Å². The zero-order valence-corrected chi connectivity index (χ0v) is 12.8. The summed E-state index contributed by atoms with van der Waals surface area (Å²) in [6.45, 7) is 1.94. The SMILES string of the molecule is Cc1ccc(S(=O)(=O)SCC=Cc2ccccc2)cc1. The van der Waals surface area contributed by atoms with Gasteiger partial charge in [0, 0.05) is 5.75 Å². The molecule has 0 heterocycles. The molecule has 0 aliphatic rings. The molecule has 0 radical (unpaired) electrons. The van der Waals surface area contributed by atoms with Crippen molar-refractivity contribution < 1.29 is 8.42 Å². The highest BCUT2D eigenvalue weighted by Crippen LogP contribution is 2.23. The van der Waals surface area contributed by atoms with E-state index in [1.807, 2.05) is 61.5 Å². The second kappa shape index (κ2) is 6.77. The normalized spacial score (nSPS) is 11.8. The standard InChI is InChI=1S/C16H16O2S2/c1-14-9-11-16(12-10-14)20(17,18)19-13-5-8-15-6-3-2-4-7-15/h2-12H,13H2,1H3. The van der Waals surface area contributed by atoms with E-state index in [1.165, 1.54) is 0 Å². The minimum atomic E-state index is -3.27. The summed E-state index contributed by atoms with van der Waals surface area (Å²) in [5.41, 5.74) is 2.12. The van der Waals surface area contributed by atoms with E-state index in [0.717, 1.165) is 21.9 Å². The number of aryl methyl sites for hydroxylation is 1. The van der Waals surface area contributed by atoms with E-state index in [2.05, 4.69) is 0 Å². The van der Waals surface area contributed by atoms with Crippen molar-refractivity contribution in [3.8, 4) is 0 Å². The van der Waals surface area contributed by atoms with Gasteiger partial charge in [-0.15, -0.1) is 0 Å². The molecule has 0 fully saturated rings. The lowest BCUT2D eigenvalue weighted by Crippen LogP contribution is -1.95. The molecule has 2 aromatic rings. The minimum absolute atomic E-state index is 0.362. The average molecular weight is 304 g/mol. The molecule has 0 N–H and O–H groups in total. The number of hydrogen-bond donors (Lipinski definition) is 0. The third-order valence-corrected chi connectivity index (χ3v) is 6.14. The van der Waals surface area contributed by atoms with Crippen molar-refractivity contribution in [2.45, 2.75) is 11.8 Å². The summed E-state index contributed by atoms with van der Waals surface area (Å²) < 4.78 is 24.2. The van der Waals surface area contributed by atoms with E-state index < -0.39 is 8.87 Å². The van der Waals surface area contributed by atoms with Gasteiger partial charge in [0.1, 0.15) is 0 Å². The monoisotopic (exact) mass is 304 g/mol. The molecule has 0 spiro atoms. The first-order valence-electron chi connectivity index (χ1n) is 6.26. The van der Waals surface area contributed by atoms with Gasteiger partial charge < -0.3 is 0 Å². The maximum atomic E-state index is 12.1. The Bertz CT molecular complexity index is 672. The lowest BCUT2D eigenvalue weighted by molar-refractivity contribution is 0.610. The summed E-state index contributed by atoms with van der Waals surface area (Å²) in [6.07, 6.45) is 3.80. The molecule has 0 saturated heterocycles. The fraction of sp³-hybridized carbons (Fsp3) is 0.125. The van der Waals surface area contributed by atoms with Crippen molar-refractivity contribution in [1.82, 2.24) is 0 Å². The second-order valence-electron chi connectivity index (χ2n) is 4.36. The quantitative estimate of drug-likeness (QED) is 0.779. The van der Waals surface area contributed by atoms with E-state index in [-0.39, 0.29) is 0 Å². The van der Waals surface area contributed by atoms with Crippen LogP contribution in [0.25, 0.3) is 6.08 Å². The predicted molar refractivity (Wildman–Crippen MR) is 86.3 cm³/mol. The number of hydrogen-bond acceptors (Lipinski definition) is 3. The van der Waals surface area contributed by atoms with Crippen LogP contribution in [0.5, 0.6) is 0 Å². The lowest BCUT2D eigenvalue weighted by Gasteiger charge is -2.02. The Hall–Kier alpha value is -1.52. The van der Waals surface area contributed by atoms with Crippen molar-refractivity contribution in [1.29, 1.82) is 0 Å². The van der Waals surface area contributed by atoms with Crippen LogP contribution in [-0.2, 0) is 8.87 Å². The smallest absolute Gasteiger partial charge is 0.212 e. The zero-order valence-electron chi connectivity index (χ0n) is 11.2. The summed E-state index contributed by atoms with van der Waals surface area (Å²) in [7, 11) is -2.32. The molecule has 0 aliphatic heterocycles. The van der Waals surface area contributed by atoms with Crippen LogP contribution in [0.2, 0.25) is 0 Å².